The summed E-state index contributed by atoms with van der Waals surface area (Å²) in [6.07, 6.45) is 4.25. The summed E-state index contributed by atoms with van der Waals surface area (Å²) in [5.74, 6) is -2.36. The Bertz CT molecular complexity index is 501. The second-order valence-corrected chi connectivity index (χ2v) is 5.21. The van der Waals surface area contributed by atoms with Crippen LogP contribution in [0.4, 0.5) is 14.5 Å². The van der Waals surface area contributed by atoms with Gasteiger partial charge in [-0.1, -0.05) is 19.8 Å². The summed E-state index contributed by atoms with van der Waals surface area (Å²) >= 11 is 0. The number of anilines is 1. The molecule has 1 fully saturated rings. The highest BCUT2D eigenvalue weighted by atomic mass is 19.2. The van der Waals surface area contributed by atoms with Crippen molar-refractivity contribution in [3.63, 3.8) is 0 Å². The molecule has 5 heteroatoms. The molecule has 1 N–H and O–H groups in total. The Balaban J connectivity index is 2.15. The van der Waals surface area contributed by atoms with Gasteiger partial charge >= 0.3 is 5.97 Å². The predicted octanol–water partition coefficient (Wildman–Crippen LogP) is 3.74. The van der Waals surface area contributed by atoms with Gasteiger partial charge in [-0.25, -0.2) is 13.6 Å². The van der Waals surface area contributed by atoms with Crippen LogP contribution in [-0.4, -0.2) is 19.1 Å². The van der Waals surface area contributed by atoms with Crippen molar-refractivity contribution in [1.29, 1.82) is 0 Å². The molecule has 0 aliphatic heterocycles. The van der Waals surface area contributed by atoms with E-state index < -0.39 is 17.6 Å². The van der Waals surface area contributed by atoms with E-state index in [1.165, 1.54) is 25.0 Å². The van der Waals surface area contributed by atoms with Crippen LogP contribution in [0.2, 0.25) is 0 Å². The van der Waals surface area contributed by atoms with Gasteiger partial charge in [0.1, 0.15) is 0 Å². The Morgan fingerprint density at radius 1 is 1.40 bits per heavy atom. The van der Waals surface area contributed by atoms with Gasteiger partial charge in [-0.2, -0.15) is 0 Å². The van der Waals surface area contributed by atoms with Crippen LogP contribution in [0.15, 0.2) is 12.1 Å². The molecule has 0 saturated heterocycles. The molecule has 0 amide bonds. The first-order valence-corrected chi connectivity index (χ1v) is 6.89. The summed E-state index contributed by atoms with van der Waals surface area (Å²) in [5.41, 5.74) is -0.284. The summed E-state index contributed by atoms with van der Waals surface area (Å²) in [6, 6.07) is 2.76. The molecule has 1 aromatic carbocycles. The molecule has 1 aliphatic carbocycles. The minimum atomic E-state index is -1.16. The van der Waals surface area contributed by atoms with E-state index in [-0.39, 0.29) is 17.3 Å². The fraction of sp³-hybridized carbons (Fsp3) is 0.533. The number of hydrogen-bond donors (Lipinski definition) is 1. The third-order valence-electron chi connectivity index (χ3n) is 3.65. The lowest BCUT2D eigenvalue weighted by atomic mass is 10.1. The zero-order valence-electron chi connectivity index (χ0n) is 11.7. The van der Waals surface area contributed by atoms with Crippen molar-refractivity contribution in [3.05, 3.63) is 29.3 Å². The van der Waals surface area contributed by atoms with Crippen LogP contribution in [0.5, 0.6) is 0 Å². The third-order valence-corrected chi connectivity index (χ3v) is 3.65. The largest absolute Gasteiger partial charge is 0.465 e. The van der Waals surface area contributed by atoms with E-state index in [2.05, 4.69) is 10.1 Å². The lowest BCUT2D eigenvalue weighted by molar-refractivity contribution is 0.0594. The fourth-order valence-corrected chi connectivity index (χ4v) is 2.23. The van der Waals surface area contributed by atoms with Gasteiger partial charge in [0.2, 0.25) is 0 Å². The van der Waals surface area contributed by atoms with Crippen LogP contribution in [0.25, 0.3) is 0 Å². The Hall–Kier alpha value is -1.65. The minimum absolute atomic E-state index is 0.0997. The fourth-order valence-electron chi connectivity index (χ4n) is 2.23. The molecule has 0 spiro atoms. The molecule has 1 aromatic rings. The van der Waals surface area contributed by atoms with Crippen LogP contribution >= 0.6 is 0 Å². The highest BCUT2D eigenvalue weighted by molar-refractivity contribution is 5.90. The van der Waals surface area contributed by atoms with Gasteiger partial charge in [-0.3, -0.25) is 0 Å². The maximum atomic E-state index is 14.0. The molecule has 20 heavy (non-hydrogen) atoms. The smallest absolute Gasteiger partial charge is 0.340 e. The number of esters is 1. The minimum Gasteiger partial charge on any atom is -0.465 e. The Morgan fingerprint density at radius 2 is 2.10 bits per heavy atom. The van der Waals surface area contributed by atoms with E-state index in [1.54, 1.807) is 0 Å². The maximum absolute atomic E-state index is 14.0. The van der Waals surface area contributed by atoms with Crippen LogP contribution in [-0.2, 0) is 4.74 Å². The van der Waals surface area contributed by atoms with Gasteiger partial charge in [-0.15, -0.1) is 0 Å². The Kier molecular flexibility index (Phi) is 4.57. The third kappa shape index (κ3) is 3.26. The number of halogens is 2. The van der Waals surface area contributed by atoms with Crippen LogP contribution in [0, 0.1) is 17.6 Å². The second kappa shape index (κ2) is 6.20. The van der Waals surface area contributed by atoms with Crippen molar-refractivity contribution in [3.8, 4) is 0 Å². The molecule has 0 radical (unpaired) electrons. The van der Waals surface area contributed by atoms with E-state index in [0.717, 1.165) is 20.0 Å². The molecule has 0 bridgehead atoms. The second-order valence-electron chi connectivity index (χ2n) is 5.21. The number of methoxy groups -OCH3 is 1. The summed E-state index contributed by atoms with van der Waals surface area (Å²) in [7, 11) is 1.13. The molecule has 2 rings (SSSR count). The summed E-state index contributed by atoms with van der Waals surface area (Å²) in [6.45, 7) is 2.01. The van der Waals surface area contributed by atoms with Crippen LogP contribution < -0.4 is 5.32 Å². The van der Waals surface area contributed by atoms with E-state index >= 15 is 0 Å². The topological polar surface area (TPSA) is 38.3 Å². The SMILES string of the molecule is CCC(CC1CC1)Nc1ccc(C(=O)OC)c(F)c1F. The van der Waals surface area contributed by atoms with Gasteiger partial charge in [0.25, 0.3) is 0 Å². The zero-order valence-corrected chi connectivity index (χ0v) is 11.7. The molecule has 0 aromatic heterocycles. The first-order chi connectivity index (χ1) is 9.56. The predicted molar refractivity (Wildman–Crippen MR) is 72.7 cm³/mol. The van der Waals surface area contributed by atoms with E-state index in [4.69, 9.17) is 0 Å². The van der Waals surface area contributed by atoms with Crippen molar-refractivity contribution >= 4 is 11.7 Å². The normalized spacial score (nSPS) is 15.8. The molecule has 3 nitrogen and oxygen atoms in total. The molecular formula is C15H19F2NO2. The molecule has 1 aliphatic rings. The average molecular weight is 283 g/mol. The molecule has 1 saturated carbocycles. The maximum Gasteiger partial charge on any atom is 0.340 e. The van der Waals surface area contributed by atoms with Crippen molar-refractivity contribution < 1.29 is 18.3 Å². The average Bonchev–Trinajstić information content (AvgIpc) is 3.26. The number of benzene rings is 1. The van der Waals surface area contributed by atoms with Gasteiger partial charge in [0.05, 0.1) is 18.4 Å². The van der Waals surface area contributed by atoms with Gasteiger partial charge < -0.3 is 10.1 Å². The highest BCUT2D eigenvalue weighted by Gasteiger charge is 2.26. The molecular weight excluding hydrogens is 264 g/mol. The van der Waals surface area contributed by atoms with Crippen molar-refractivity contribution in [2.75, 3.05) is 12.4 Å². The highest BCUT2D eigenvalue weighted by Crippen LogP contribution is 2.35. The van der Waals surface area contributed by atoms with Gasteiger partial charge in [0.15, 0.2) is 11.6 Å². The summed E-state index contributed by atoms with van der Waals surface area (Å²) in [4.78, 5) is 11.3. The monoisotopic (exact) mass is 283 g/mol. The van der Waals surface area contributed by atoms with Crippen molar-refractivity contribution in [2.45, 2.75) is 38.6 Å². The molecule has 1 atom stereocenters. The van der Waals surface area contributed by atoms with Crippen LogP contribution in [0.3, 0.4) is 0 Å². The zero-order chi connectivity index (χ0) is 14.7. The van der Waals surface area contributed by atoms with Crippen molar-refractivity contribution in [1.82, 2.24) is 0 Å². The molecule has 0 heterocycles. The van der Waals surface area contributed by atoms with E-state index in [1.807, 2.05) is 6.92 Å². The number of carbonyl (C=O) groups excluding carboxylic acids is 1. The first-order valence-electron chi connectivity index (χ1n) is 6.89. The van der Waals surface area contributed by atoms with E-state index in [0.29, 0.717) is 5.92 Å². The number of hydrogen-bond acceptors (Lipinski definition) is 3. The van der Waals surface area contributed by atoms with Gasteiger partial charge in [-0.05, 0) is 30.9 Å². The summed E-state index contributed by atoms with van der Waals surface area (Å²) in [5, 5.41) is 3.03. The first kappa shape index (κ1) is 14.8. The lowest BCUT2D eigenvalue weighted by Gasteiger charge is -2.19. The number of rotatable bonds is 6. The van der Waals surface area contributed by atoms with Crippen molar-refractivity contribution in [2.24, 2.45) is 5.92 Å². The number of carbonyl (C=O) groups is 1. The molecule has 110 valence electrons. The summed E-state index contributed by atoms with van der Waals surface area (Å²) < 4.78 is 32.2. The quantitative estimate of drug-likeness (QED) is 0.808. The standard InChI is InChI=1S/C15H19F2NO2/c1-3-10(8-9-4-5-9)18-12-7-6-11(15(19)20-2)13(16)14(12)17/h6-7,9-10,18H,3-5,8H2,1-2H3. The molecule has 1 unspecified atom stereocenters. The Labute approximate surface area is 117 Å². The number of nitrogens with one attached hydrogen (secondary N) is 1. The lowest BCUT2D eigenvalue weighted by Crippen LogP contribution is -2.20. The Morgan fingerprint density at radius 3 is 2.65 bits per heavy atom. The van der Waals surface area contributed by atoms with Gasteiger partial charge in [0, 0.05) is 6.04 Å². The number of ether oxygens (including phenoxy) is 1. The van der Waals surface area contributed by atoms with E-state index in [9.17, 15) is 13.6 Å². The van der Waals surface area contributed by atoms with Crippen LogP contribution in [0.1, 0.15) is 43.0 Å².